The van der Waals surface area contributed by atoms with Crippen molar-refractivity contribution in [2.45, 2.75) is 64.2 Å². The smallest absolute Gasteiger partial charge is 0.317 e. The van der Waals surface area contributed by atoms with Crippen LogP contribution in [0.3, 0.4) is 0 Å². The van der Waals surface area contributed by atoms with E-state index in [9.17, 15) is 4.79 Å². The Kier molecular flexibility index (Phi) is 6.13. The van der Waals surface area contributed by atoms with Crippen LogP contribution in [0.25, 0.3) is 0 Å². The molecule has 4 heteroatoms. The molecule has 2 aliphatic rings. The Bertz CT molecular complexity index is 512. The van der Waals surface area contributed by atoms with E-state index in [1.807, 2.05) is 23.1 Å². The van der Waals surface area contributed by atoms with Gasteiger partial charge in [-0.2, -0.15) is 0 Å². The summed E-state index contributed by atoms with van der Waals surface area (Å²) in [6, 6.07) is 10.8. The van der Waals surface area contributed by atoms with Gasteiger partial charge in [-0.15, -0.1) is 0 Å². The first-order valence-corrected chi connectivity index (χ1v) is 9.43. The lowest BCUT2D eigenvalue weighted by Gasteiger charge is -2.35. The van der Waals surface area contributed by atoms with E-state index in [1.54, 1.807) is 0 Å². The molecule has 1 aromatic carbocycles. The summed E-state index contributed by atoms with van der Waals surface area (Å²) >= 11 is 0. The Morgan fingerprint density at radius 2 is 1.83 bits per heavy atom. The molecule has 0 spiro atoms. The first kappa shape index (κ1) is 17.3. The fraction of sp³-hybridized carbons (Fsp3) is 0.650. The molecule has 132 valence electrons. The van der Waals surface area contributed by atoms with Crippen LogP contribution < -0.4 is 5.32 Å². The van der Waals surface area contributed by atoms with Crippen LogP contribution in [0, 0.1) is 5.92 Å². The fourth-order valence-electron chi connectivity index (χ4n) is 3.79. The maximum absolute atomic E-state index is 12.5. The summed E-state index contributed by atoms with van der Waals surface area (Å²) in [5.74, 6) is 0.606. The highest BCUT2D eigenvalue weighted by Crippen LogP contribution is 2.24. The van der Waals surface area contributed by atoms with Crippen LogP contribution in [0.15, 0.2) is 30.3 Å². The van der Waals surface area contributed by atoms with Crippen molar-refractivity contribution in [3.05, 3.63) is 35.9 Å². The molecule has 1 saturated heterocycles. The minimum Gasteiger partial charge on any atom is -0.373 e. The summed E-state index contributed by atoms with van der Waals surface area (Å²) in [6.45, 7) is 4.52. The van der Waals surface area contributed by atoms with Gasteiger partial charge in [-0.05, 0) is 37.2 Å². The Balaban J connectivity index is 1.39. The molecule has 1 aliphatic heterocycles. The molecule has 0 bridgehead atoms. The minimum atomic E-state index is 0.121. The highest BCUT2D eigenvalue weighted by atomic mass is 16.5. The van der Waals surface area contributed by atoms with Crippen molar-refractivity contribution in [2.24, 2.45) is 5.92 Å². The molecule has 2 fully saturated rings. The zero-order valence-electron chi connectivity index (χ0n) is 14.7. The number of carbonyl (C=O) groups is 1. The van der Waals surface area contributed by atoms with E-state index >= 15 is 0 Å². The Labute approximate surface area is 145 Å². The normalized spacial score (nSPS) is 25.5. The predicted molar refractivity (Wildman–Crippen MR) is 95.8 cm³/mol. The second-order valence-corrected chi connectivity index (χ2v) is 7.30. The van der Waals surface area contributed by atoms with E-state index in [0.29, 0.717) is 18.6 Å². The van der Waals surface area contributed by atoms with Crippen molar-refractivity contribution in [2.75, 3.05) is 13.1 Å². The zero-order chi connectivity index (χ0) is 16.8. The van der Waals surface area contributed by atoms with Gasteiger partial charge in [0.15, 0.2) is 0 Å². The molecule has 0 aromatic heterocycles. The monoisotopic (exact) mass is 330 g/mol. The van der Waals surface area contributed by atoms with Gasteiger partial charge in [-0.25, -0.2) is 4.79 Å². The fourth-order valence-corrected chi connectivity index (χ4v) is 3.79. The second kappa shape index (κ2) is 8.52. The van der Waals surface area contributed by atoms with Gasteiger partial charge in [0.05, 0.1) is 12.7 Å². The van der Waals surface area contributed by atoms with E-state index in [1.165, 1.54) is 24.8 Å². The number of hydrogen-bond donors (Lipinski definition) is 1. The average Bonchev–Trinajstić information content (AvgIpc) is 2.63. The van der Waals surface area contributed by atoms with Gasteiger partial charge < -0.3 is 15.0 Å². The van der Waals surface area contributed by atoms with Crippen molar-refractivity contribution < 1.29 is 9.53 Å². The molecule has 24 heavy (non-hydrogen) atoms. The molecule has 2 amide bonds. The van der Waals surface area contributed by atoms with Crippen molar-refractivity contribution in [3.63, 3.8) is 0 Å². The van der Waals surface area contributed by atoms with Gasteiger partial charge in [-0.1, -0.05) is 50.1 Å². The standard InChI is InChI=1S/C20H30N2O2/c1-16-7-5-6-10-19(16)21-20(23)22-13-11-18(12-14-22)24-15-17-8-3-2-4-9-17/h2-4,8-9,16,18-19H,5-7,10-15H2,1H3,(H,21,23)/t16-,19+/m1/s1. The van der Waals surface area contributed by atoms with Crippen LogP contribution in [0.5, 0.6) is 0 Å². The van der Waals surface area contributed by atoms with Gasteiger partial charge in [0, 0.05) is 19.1 Å². The third kappa shape index (κ3) is 4.73. The number of nitrogens with zero attached hydrogens (tertiary/aromatic N) is 1. The first-order chi connectivity index (χ1) is 11.7. The molecule has 3 rings (SSSR count). The second-order valence-electron chi connectivity index (χ2n) is 7.30. The number of rotatable bonds is 4. The number of nitrogens with one attached hydrogen (secondary N) is 1. The van der Waals surface area contributed by atoms with Gasteiger partial charge >= 0.3 is 6.03 Å². The highest BCUT2D eigenvalue weighted by molar-refractivity contribution is 5.74. The molecule has 4 nitrogen and oxygen atoms in total. The molecule has 0 unspecified atom stereocenters. The van der Waals surface area contributed by atoms with Crippen molar-refractivity contribution >= 4 is 6.03 Å². The molecule has 0 radical (unpaired) electrons. The van der Waals surface area contributed by atoms with Gasteiger partial charge in [0.1, 0.15) is 0 Å². The summed E-state index contributed by atoms with van der Waals surface area (Å²) in [6.07, 6.45) is 7.04. The van der Waals surface area contributed by atoms with E-state index in [2.05, 4.69) is 24.4 Å². The Morgan fingerprint density at radius 1 is 1.12 bits per heavy atom. The summed E-state index contributed by atoms with van der Waals surface area (Å²) in [5.41, 5.74) is 1.21. The van der Waals surface area contributed by atoms with Crippen molar-refractivity contribution in [1.29, 1.82) is 0 Å². The molecule has 1 N–H and O–H groups in total. The molecule has 1 aliphatic carbocycles. The lowest BCUT2D eigenvalue weighted by molar-refractivity contribution is 0.00407. The molecule has 1 aromatic rings. The third-order valence-electron chi connectivity index (χ3n) is 5.48. The minimum absolute atomic E-state index is 0.121. The van der Waals surface area contributed by atoms with Gasteiger partial charge in [-0.3, -0.25) is 0 Å². The van der Waals surface area contributed by atoms with Gasteiger partial charge in [0.2, 0.25) is 0 Å². The van der Waals surface area contributed by atoms with E-state index in [4.69, 9.17) is 4.74 Å². The Morgan fingerprint density at radius 3 is 2.54 bits per heavy atom. The average molecular weight is 330 g/mol. The number of piperidine rings is 1. The summed E-state index contributed by atoms with van der Waals surface area (Å²) < 4.78 is 6.01. The Hall–Kier alpha value is -1.55. The molecule has 1 saturated carbocycles. The molecular weight excluding hydrogens is 300 g/mol. The van der Waals surface area contributed by atoms with Crippen molar-refractivity contribution in [1.82, 2.24) is 10.2 Å². The zero-order valence-corrected chi connectivity index (χ0v) is 14.7. The maximum Gasteiger partial charge on any atom is 0.317 e. The van der Waals surface area contributed by atoms with Gasteiger partial charge in [0.25, 0.3) is 0 Å². The van der Waals surface area contributed by atoms with Crippen LogP contribution in [-0.2, 0) is 11.3 Å². The maximum atomic E-state index is 12.5. The first-order valence-electron chi connectivity index (χ1n) is 9.43. The van der Waals surface area contributed by atoms with E-state index in [-0.39, 0.29) is 12.1 Å². The largest absolute Gasteiger partial charge is 0.373 e. The number of amides is 2. The summed E-state index contributed by atoms with van der Waals surface area (Å²) in [5, 5.41) is 3.26. The van der Waals surface area contributed by atoms with Crippen LogP contribution in [-0.4, -0.2) is 36.2 Å². The van der Waals surface area contributed by atoms with Crippen LogP contribution in [0.4, 0.5) is 4.79 Å². The molecule has 2 atom stereocenters. The number of hydrogen-bond acceptors (Lipinski definition) is 2. The lowest BCUT2D eigenvalue weighted by Crippen LogP contribution is -2.50. The summed E-state index contributed by atoms with van der Waals surface area (Å²) in [7, 11) is 0. The number of carbonyl (C=O) groups excluding carboxylic acids is 1. The van der Waals surface area contributed by atoms with Crippen LogP contribution >= 0.6 is 0 Å². The highest BCUT2D eigenvalue weighted by Gasteiger charge is 2.27. The summed E-state index contributed by atoms with van der Waals surface area (Å²) in [4.78, 5) is 14.4. The van der Waals surface area contributed by atoms with Crippen molar-refractivity contribution in [3.8, 4) is 0 Å². The van der Waals surface area contributed by atoms with Crippen LogP contribution in [0.1, 0.15) is 51.0 Å². The number of likely N-dealkylation sites (tertiary alicyclic amines) is 1. The van der Waals surface area contributed by atoms with E-state index in [0.717, 1.165) is 32.4 Å². The number of ether oxygens (including phenoxy) is 1. The SMILES string of the molecule is C[C@@H]1CCCC[C@@H]1NC(=O)N1CCC(OCc2ccccc2)CC1. The molecule has 1 heterocycles. The number of urea groups is 1. The van der Waals surface area contributed by atoms with Crippen LogP contribution in [0.2, 0.25) is 0 Å². The predicted octanol–water partition coefficient (Wildman–Crippen LogP) is 3.96. The molecular formula is C20H30N2O2. The topological polar surface area (TPSA) is 41.6 Å². The number of benzene rings is 1. The lowest BCUT2D eigenvalue weighted by atomic mass is 9.86. The quantitative estimate of drug-likeness (QED) is 0.908. The van der Waals surface area contributed by atoms with E-state index < -0.39 is 0 Å². The third-order valence-corrected chi connectivity index (χ3v) is 5.48.